The normalized spacial score (nSPS) is 11.4. The van der Waals surface area contributed by atoms with Crippen LogP contribution in [0.3, 0.4) is 0 Å². The number of pyridine rings is 1. The first-order valence-corrected chi connectivity index (χ1v) is 7.79. The molecule has 0 radical (unpaired) electrons. The average molecular weight is 309 g/mol. The maximum atomic E-state index is 14.0. The van der Waals surface area contributed by atoms with Crippen molar-refractivity contribution >= 4 is 15.7 Å². The van der Waals surface area contributed by atoms with Gasteiger partial charge in [0.15, 0.2) is 0 Å². The largest absolute Gasteiger partial charge is 0.316 e. The lowest BCUT2D eigenvalue weighted by Crippen LogP contribution is -2.15. The zero-order chi connectivity index (χ0) is 15.5. The van der Waals surface area contributed by atoms with E-state index in [2.05, 4.69) is 15.0 Å². The van der Waals surface area contributed by atoms with Crippen LogP contribution in [0.15, 0.2) is 41.4 Å². The number of benzene rings is 1. The van der Waals surface area contributed by atoms with Crippen molar-refractivity contribution in [2.45, 2.75) is 18.4 Å². The van der Waals surface area contributed by atoms with Crippen molar-refractivity contribution in [2.75, 3.05) is 11.8 Å². The fourth-order valence-corrected chi connectivity index (χ4v) is 2.92. The van der Waals surface area contributed by atoms with Crippen LogP contribution in [0.1, 0.15) is 11.3 Å². The number of nitrogens with one attached hydrogen (secondary N) is 2. The highest BCUT2D eigenvalue weighted by Gasteiger charge is 2.19. The maximum Gasteiger partial charge on any atom is 0.264 e. The molecule has 0 saturated heterocycles. The molecule has 0 spiro atoms. The summed E-state index contributed by atoms with van der Waals surface area (Å²) in [5, 5.41) is 2.87. The Balaban J connectivity index is 2.29. The molecule has 0 aliphatic heterocycles. The molecule has 2 aromatic rings. The summed E-state index contributed by atoms with van der Waals surface area (Å²) < 4.78 is 40.6. The summed E-state index contributed by atoms with van der Waals surface area (Å²) in [6.45, 7) is 2.25. The van der Waals surface area contributed by atoms with E-state index in [9.17, 15) is 12.8 Å². The molecule has 7 heteroatoms. The minimum atomic E-state index is -3.97. The van der Waals surface area contributed by atoms with Crippen molar-refractivity contribution in [3.8, 4) is 0 Å². The maximum absolute atomic E-state index is 14.0. The Morgan fingerprint density at radius 3 is 2.57 bits per heavy atom. The van der Waals surface area contributed by atoms with E-state index in [0.29, 0.717) is 17.8 Å². The number of aryl methyl sites for hydroxylation is 1. The lowest BCUT2D eigenvalue weighted by molar-refractivity contribution is 0.568. The summed E-state index contributed by atoms with van der Waals surface area (Å²) in [7, 11) is -2.24. The van der Waals surface area contributed by atoms with E-state index in [1.165, 1.54) is 18.3 Å². The molecule has 1 heterocycles. The number of aromatic nitrogens is 1. The third-order valence-electron chi connectivity index (χ3n) is 2.83. The lowest BCUT2D eigenvalue weighted by Gasteiger charge is -2.10. The van der Waals surface area contributed by atoms with Crippen LogP contribution in [0.5, 0.6) is 0 Å². The van der Waals surface area contributed by atoms with Crippen molar-refractivity contribution in [3.63, 3.8) is 0 Å². The fourth-order valence-electron chi connectivity index (χ4n) is 1.81. The number of hydrogen-bond donors (Lipinski definition) is 2. The Kier molecular flexibility index (Phi) is 4.54. The smallest absolute Gasteiger partial charge is 0.264 e. The number of anilines is 1. The van der Waals surface area contributed by atoms with Gasteiger partial charge in [-0.25, -0.2) is 12.8 Å². The van der Waals surface area contributed by atoms with Gasteiger partial charge in [0, 0.05) is 12.2 Å². The Hall–Kier alpha value is -1.99. The van der Waals surface area contributed by atoms with Crippen molar-refractivity contribution < 1.29 is 12.8 Å². The first kappa shape index (κ1) is 15.4. The molecule has 2 N–H and O–H groups in total. The van der Waals surface area contributed by atoms with Crippen molar-refractivity contribution in [1.29, 1.82) is 0 Å². The molecule has 0 saturated carbocycles. The SMILES string of the molecule is CNCc1ccc(S(=O)(=O)Nc2ccc(C)nc2)c(F)c1. The molecule has 0 aliphatic carbocycles. The number of sulfonamides is 1. The lowest BCUT2D eigenvalue weighted by atomic mass is 10.2. The van der Waals surface area contributed by atoms with E-state index in [-0.39, 0.29) is 4.90 Å². The number of hydrogen-bond acceptors (Lipinski definition) is 4. The Labute approximate surface area is 123 Å². The molecular weight excluding hydrogens is 293 g/mol. The second kappa shape index (κ2) is 6.19. The molecule has 0 fully saturated rings. The van der Waals surface area contributed by atoms with Crippen LogP contribution in [0.4, 0.5) is 10.1 Å². The minimum absolute atomic E-state index is 0.291. The standard InChI is InChI=1S/C14H16FN3O2S/c1-10-3-5-12(9-17-10)18-21(19,20)14-6-4-11(8-16-2)7-13(14)15/h3-7,9,16,18H,8H2,1-2H3. The van der Waals surface area contributed by atoms with Gasteiger partial charge in [0.1, 0.15) is 10.7 Å². The topological polar surface area (TPSA) is 71.1 Å². The van der Waals surface area contributed by atoms with Crippen molar-refractivity contribution in [2.24, 2.45) is 0 Å². The van der Waals surface area contributed by atoms with Gasteiger partial charge in [-0.1, -0.05) is 6.07 Å². The first-order valence-electron chi connectivity index (χ1n) is 6.31. The molecule has 1 aromatic heterocycles. The zero-order valence-electron chi connectivity index (χ0n) is 11.7. The minimum Gasteiger partial charge on any atom is -0.316 e. The van der Waals surface area contributed by atoms with Gasteiger partial charge < -0.3 is 5.32 Å². The van der Waals surface area contributed by atoms with Gasteiger partial charge in [0.25, 0.3) is 10.0 Å². The highest BCUT2D eigenvalue weighted by atomic mass is 32.2. The Morgan fingerprint density at radius 1 is 1.24 bits per heavy atom. The van der Waals surface area contributed by atoms with Gasteiger partial charge in [0.2, 0.25) is 0 Å². The molecule has 2 rings (SSSR count). The Morgan fingerprint density at radius 2 is 2.00 bits per heavy atom. The first-order chi connectivity index (χ1) is 9.92. The second-order valence-electron chi connectivity index (χ2n) is 4.59. The molecule has 0 aliphatic rings. The van der Waals surface area contributed by atoms with Gasteiger partial charge in [-0.2, -0.15) is 0 Å². The number of nitrogens with zero attached hydrogens (tertiary/aromatic N) is 1. The summed E-state index contributed by atoms with van der Waals surface area (Å²) in [5.41, 5.74) is 1.73. The predicted octanol–water partition coefficient (Wildman–Crippen LogP) is 2.05. The number of halogens is 1. The van der Waals surface area contributed by atoms with E-state index < -0.39 is 15.8 Å². The third kappa shape index (κ3) is 3.77. The van der Waals surface area contributed by atoms with Gasteiger partial charge in [0.05, 0.1) is 11.9 Å². The van der Waals surface area contributed by atoms with Crippen LogP contribution in [0.2, 0.25) is 0 Å². The molecule has 21 heavy (non-hydrogen) atoms. The third-order valence-corrected chi connectivity index (χ3v) is 4.24. The Bertz CT molecular complexity index is 730. The summed E-state index contributed by atoms with van der Waals surface area (Å²) in [6.07, 6.45) is 1.39. The summed E-state index contributed by atoms with van der Waals surface area (Å²) in [6, 6.07) is 7.28. The molecule has 0 amide bonds. The fraction of sp³-hybridized carbons (Fsp3) is 0.214. The summed E-state index contributed by atoms with van der Waals surface area (Å²) in [5.74, 6) is -0.782. The average Bonchev–Trinajstić information content (AvgIpc) is 2.41. The van der Waals surface area contributed by atoms with E-state index >= 15 is 0 Å². The van der Waals surface area contributed by atoms with Crippen molar-refractivity contribution in [1.82, 2.24) is 10.3 Å². The van der Waals surface area contributed by atoms with Gasteiger partial charge >= 0.3 is 0 Å². The van der Waals surface area contributed by atoms with Crippen molar-refractivity contribution in [3.05, 3.63) is 53.6 Å². The van der Waals surface area contributed by atoms with Crippen LogP contribution in [-0.2, 0) is 16.6 Å². The van der Waals surface area contributed by atoms with Crippen LogP contribution in [-0.4, -0.2) is 20.4 Å². The van der Waals surface area contributed by atoms with Crippen LogP contribution in [0.25, 0.3) is 0 Å². The highest BCUT2D eigenvalue weighted by molar-refractivity contribution is 7.92. The summed E-state index contributed by atoms with van der Waals surface area (Å²) in [4.78, 5) is 3.60. The van der Waals surface area contributed by atoms with Gasteiger partial charge in [-0.05, 0) is 43.8 Å². The molecule has 1 aromatic carbocycles. The zero-order valence-corrected chi connectivity index (χ0v) is 12.5. The highest BCUT2D eigenvalue weighted by Crippen LogP contribution is 2.19. The van der Waals surface area contributed by atoms with Gasteiger partial charge in [-0.3, -0.25) is 9.71 Å². The van der Waals surface area contributed by atoms with E-state index in [0.717, 1.165) is 5.69 Å². The van der Waals surface area contributed by atoms with Crippen LogP contribution >= 0.6 is 0 Å². The van der Waals surface area contributed by atoms with Gasteiger partial charge in [-0.15, -0.1) is 0 Å². The van der Waals surface area contributed by atoms with Crippen LogP contribution < -0.4 is 10.0 Å². The van der Waals surface area contributed by atoms with Crippen LogP contribution in [0, 0.1) is 12.7 Å². The molecular formula is C14H16FN3O2S. The second-order valence-corrected chi connectivity index (χ2v) is 6.24. The van der Waals surface area contributed by atoms with E-state index in [1.807, 2.05) is 0 Å². The predicted molar refractivity (Wildman–Crippen MR) is 78.9 cm³/mol. The molecule has 0 unspecified atom stereocenters. The van der Waals surface area contributed by atoms with E-state index in [1.54, 1.807) is 32.2 Å². The molecule has 0 bridgehead atoms. The summed E-state index contributed by atoms with van der Waals surface area (Å²) >= 11 is 0. The monoisotopic (exact) mass is 309 g/mol. The molecule has 5 nitrogen and oxygen atoms in total. The molecule has 0 atom stereocenters. The quantitative estimate of drug-likeness (QED) is 0.887. The van der Waals surface area contributed by atoms with E-state index in [4.69, 9.17) is 0 Å². The molecule has 112 valence electrons. The number of rotatable bonds is 5.